The summed E-state index contributed by atoms with van der Waals surface area (Å²) in [6, 6.07) is 1.76. The van der Waals surface area contributed by atoms with Crippen LogP contribution in [0.5, 0.6) is 5.75 Å². The molecule has 0 aromatic heterocycles. The van der Waals surface area contributed by atoms with Gasteiger partial charge in [0.1, 0.15) is 5.70 Å². The number of halogens is 2. The van der Waals surface area contributed by atoms with E-state index >= 15 is 0 Å². The number of benzene rings is 1. The molecule has 25 heavy (non-hydrogen) atoms. The Kier molecular flexibility index (Phi) is 7.53. The molecule has 0 saturated heterocycles. The van der Waals surface area contributed by atoms with Crippen molar-refractivity contribution in [2.75, 3.05) is 19.5 Å². The number of amides is 2. The molecule has 1 aromatic rings. The minimum absolute atomic E-state index is 0.0175. The van der Waals surface area contributed by atoms with Crippen LogP contribution in [0.2, 0.25) is 10.0 Å². The Hall–Kier alpha value is -2.45. The normalized spacial score (nSPS) is 9.68. The Morgan fingerprint density at radius 2 is 1.64 bits per heavy atom. The Morgan fingerprint density at radius 3 is 2.16 bits per heavy atom. The van der Waals surface area contributed by atoms with Gasteiger partial charge >= 0.3 is 18.2 Å². The molecule has 0 unspecified atom stereocenters. The number of allylic oxidation sites excluding steroid dienone is 1. The van der Waals surface area contributed by atoms with Crippen molar-refractivity contribution in [3.8, 4) is 5.75 Å². The van der Waals surface area contributed by atoms with E-state index in [1.807, 2.05) is 0 Å². The van der Waals surface area contributed by atoms with Crippen LogP contribution in [0, 0.1) is 0 Å². The molecule has 1 aromatic carbocycles. The van der Waals surface area contributed by atoms with E-state index in [-0.39, 0.29) is 27.2 Å². The molecular formula is C15H16Cl2N2O6. The molecule has 10 heteroatoms. The second-order valence-corrected chi connectivity index (χ2v) is 5.58. The number of carbonyl (C=O) groups is 3. The van der Waals surface area contributed by atoms with Gasteiger partial charge in [-0.3, -0.25) is 0 Å². The van der Waals surface area contributed by atoms with Gasteiger partial charge in [-0.15, -0.1) is 0 Å². The molecule has 0 aliphatic rings. The number of hydrogen-bond donors (Lipinski definition) is 2. The molecule has 136 valence electrons. The minimum Gasteiger partial charge on any atom is -0.464 e. The van der Waals surface area contributed by atoms with Gasteiger partial charge in [0.05, 0.1) is 30.0 Å². The summed E-state index contributed by atoms with van der Waals surface area (Å²) < 4.78 is 13.8. The summed E-state index contributed by atoms with van der Waals surface area (Å²) in [4.78, 5) is 34.9. The van der Waals surface area contributed by atoms with Crippen molar-refractivity contribution < 1.29 is 28.6 Å². The third kappa shape index (κ3) is 5.84. The van der Waals surface area contributed by atoms with Gasteiger partial charge in [0.25, 0.3) is 0 Å². The van der Waals surface area contributed by atoms with Gasteiger partial charge in [0.15, 0.2) is 5.75 Å². The standard InChI is InChI=1S/C15H16Cl2N2O6/c1-7(2)12(13(20)23-3)19-14(21)18-10-6-11(25-15(22)24-4)9(17)5-8(10)16/h5-6H,1-4H3,(H2,18,19,21). The lowest BCUT2D eigenvalue weighted by Crippen LogP contribution is -2.32. The van der Waals surface area contributed by atoms with Crippen LogP contribution >= 0.6 is 23.2 Å². The molecule has 0 atom stereocenters. The summed E-state index contributed by atoms with van der Waals surface area (Å²) in [6.45, 7) is 3.26. The van der Waals surface area contributed by atoms with Crippen molar-refractivity contribution in [2.24, 2.45) is 0 Å². The maximum Gasteiger partial charge on any atom is 0.513 e. The Morgan fingerprint density at radius 1 is 1.00 bits per heavy atom. The van der Waals surface area contributed by atoms with Gasteiger partial charge in [-0.05, 0) is 25.5 Å². The highest BCUT2D eigenvalue weighted by Gasteiger charge is 2.17. The van der Waals surface area contributed by atoms with E-state index in [0.29, 0.717) is 5.57 Å². The van der Waals surface area contributed by atoms with Gasteiger partial charge in [-0.25, -0.2) is 14.4 Å². The van der Waals surface area contributed by atoms with Gasteiger partial charge in [0, 0.05) is 6.07 Å². The van der Waals surface area contributed by atoms with Crippen molar-refractivity contribution in [2.45, 2.75) is 13.8 Å². The molecule has 0 saturated carbocycles. The van der Waals surface area contributed by atoms with Crippen molar-refractivity contribution in [3.63, 3.8) is 0 Å². The van der Waals surface area contributed by atoms with Crippen molar-refractivity contribution in [1.29, 1.82) is 0 Å². The molecule has 1 rings (SSSR count). The van der Waals surface area contributed by atoms with E-state index in [9.17, 15) is 14.4 Å². The van der Waals surface area contributed by atoms with Gasteiger partial charge < -0.3 is 24.8 Å². The van der Waals surface area contributed by atoms with E-state index in [1.54, 1.807) is 13.8 Å². The third-order valence-corrected chi connectivity index (χ3v) is 3.37. The summed E-state index contributed by atoms with van der Waals surface area (Å²) in [5.41, 5.74) is 0.621. The van der Waals surface area contributed by atoms with Crippen LogP contribution in [0.3, 0.4) is 0 Å². The minimum atomic E-state index is -0.989. The van der Waals surface area contributed by atoms with Crippen molar-refractivity contribution in [3.05, 3.63) is 33.4 Å². The van der Waals surface area contributed by atoms with Crippen LogP contribution in [0.25, 0.3) is 0 Å². The smallest absolute Gasteiger partial charge is 0.464 e. The van der Waals surface area contributed by atoms with Crippen LogP contribution in [-0.2, 0) is 14.3 Å². The predicted molar refractivity (Wildman–Crippen MR) is 92.0 cm³/mol. The van der Waals surface area contributed by atoms with Crippen molar-refractivity contribution >= 4 is 47.0 Å². The number of anilines is 1. The summed E-state index contributed by atoms with van der Waals surface area (Å²) >= 11 is 11.9. The number of hydrogen-bond acceptors (Lipinski definition) is 6. The molecule has 0 spiro atoms. The SMILES string of the molecule is COC(=O)Oc1cc(NC(=O)NC(C(=O)OC)=C(C)C)c(Cl)cc1Cl. The lowest BCUT2D eigenvalue weighted by molar-refractivity contribution is -0.136. The molecule has 0 bridgehead atoms. The Balaban J connectivity index is 3.00. The number of ether oxygens (including phenoxy) is 3. The molecule has 0 radical (unpaired) electrons. The largest absolute Gasteiger partial charge is 0.513 e. The average Bonchev–Trinajstić information content (AvgIpc) is 2.55. The number of carbonyl (C=O) groups excluding carboxylic acids is 3. The molecule has 0 aliphatic carbocycles. The fraction of sp³-hybridized carbons (Fsp3) is 0.267. The maximum atomic E-state index is 12.1. The first-order chi connectivity index (χ1) is 11.7. The number of rotatable bonds is 4. The zero-order valence-electron chi connectivity index (χ0n) is 13.9. The quantitative estimate of drug-likeness (QED) is 0.461. The molecule has 0 fully saturated rings. The first kappa shape index (κ1) is 20.6. The monoisotopic (exact) mass is 390 g/mol. The highest BCUT2D eigenvalue weighted by molar-refractivity contribution is 6.37. The molecule has 2 N–H and O–H groups in total. The van der Waals surface area contributed by atoms with Crippen LogP contribution in [0.4, 0.5) is 15.3 Å². The van der Waals surface area contributed by atoms with Crippen molar-refractivity contribution in [1.82, 2.24) is 5.32 Å². The zero-order chi connectivity index (χ0) is 19.1. The van der Waals surface area contributed by atoms with Crippen LogP contribution in [-0.4, -0.2) is 32.4 Å². The Bertz CT molecular complexity index is 729. The Labute approximate surface area is 154 Å². The van der Waals surface area contributed by atoms with Gasteiger partial charge in [0.2, 0.25) is 0 Å². The lowest BCUT2D eigenvalue weighted by atomic mass is 10.2. The summed E-state index contributed by atoms with van der Waals surface area (Å²) in [5.74, 6) is -0.768. The van der Waals surface area contributed by atoms with Crippen LogP contribution < -0.4 is 15.4 Å². The molecule has 8 nitrogen and oxygen atoms in total. The van der Waals surface area contributed by atoms with Crippen LogP contribution in [0.1, 0.15) is 13.8 Å². The zero-order valence-corrected chi connectivity index (χ0v) is 15.4. The highest BCUT2D eigenvalue weighted by Crippen LogP contribution is 2.34. The first-order valence-corrected chi connectivity index (χ1v) is 7.53. The number of esters is 1. The molecule has 2 amide bonds. The van der Waals surface area contributed by atoms with E-state index in [0.717, 1.165) is 7.11 Å². The van der Waals surface area contributed by atoms with E-state index in [4.69, 9.17) is 27.9 Å². The first-order valence-electron chi connectivity index (χ1n) is 6.78. The van der Waals surface area contributed by atoms with E-state index < -0.39 is 18.2 Å². The summed E-state index contributed by atoms with van der Waals surface area (Å²) in [5, 5.41) is 4.91. The highest BCUT2D eigenvalue weighted by atomic mass is 35.5. The second kappa shape index (κ2) is 9.14. The molecule has 0 heterocycles. The second-order valence-electron chi connectivity index (χ2n) is 4.76. The van der Waals surface area contributed by atoms with E-state index in [1.165, 1.54) is 19.2 Å². The third-order valence-electron chi connectivity index (χ3n) is 2.76. The van der Waals surface area contributed by atoms with Gasteiger partial charge in [-0.2, -0.15) is 0 Å². The predicted octanol–water partition coefficient (Wildman–Crippen LogP) is 3.73. The van der Waals surface area contributed by atoms with Crippen LogP contribution in [0.15, 0.2) is 23.4 Å². The average molecular weight is 391 g/mol. The fourth-order valence-electron chi connectivity index (χ4n) is 1.58. The maximum absolute atomic E-state index is 12.1. The number of methoxy groups -OCH3 is 2. The lowest BCUT2D eigenvalue weighted by Gasteiger charge is -2.13. The number of urea groups is 1. The fourth-order valence-corrected chi connectivity index (χ4v) is 2.05. The topological polar surface area (TPSA) is 103 Å². The molecular weight excluding hydrogens is 375 g/mol. The summed E-state index contributed by atoms with van der Waals surface area (Å²) in [6.07, 6.45) is -0.989. The van der Waals surface area contributed by atoms with Gasteiger partial charge in [-0.1, -0.05) is 23.2 Å². The molecule has 0 aliphatic heterocycles. The van der Waals surface area contributed by atoms with E-state index in [2.05, 4.69) is 20.1 Å². The number of nitrogens with one attached hydrogen (secondary N) is 2. The summed E-state index contributed by atoms with van der Waals surface area (Å²) in [7, 11) is 2.32.